The number of likely N-dealkylation sites (tertiary alicyclic amines) is 1. The van der Waals surface area contributed by atoms with Crippen molar-refractivity contribution in [2.24, 2.45) is 11.8 Å². The summed E-state index contributed by atoms with van der Waals surface area (Å²) in [4.78, 5) is 43.5. The Balaban J connectivity index is 0.00000216. The van der Waals surface area contributed by atoms with Crippen molar-refractivity contribution in [2.75, 3.05) is 24.2 Å². The molecule has 3 aliphatic heterocycles. The van der Waals surface area contributed by atoms with Gasteiger partial charge in [0.2, 0.25) is 5.91 Å². The first kappa shape index (κ1) is 21.3. The van der Waals surface area contributed by atoms with Gasteiger partial charge in [0.1, 0.15) is 0 Å². The molecule has 2 aromatic rings. The lowest BCUT2D eigenvalue weighted by Gasteiger charge is -2.15. The molecule has 6 rings (SSSR count). The van der Waals surface area contributed by atoms with E-state index in [2.05, 4.69) is 21.3 Å². The summed E-state index contributed by atoms with van der Waals surface area (Å²) in [5, 5.41) is 2.68. The normalized spacial score (nSPS) is 25.2. The Hall–Kier alpha value is -2.55. The van der Waals surface area contributed by atoms with Gasteiger partial charge >= 0.3 is 0 Å². The van der Waals surface area contributed by atoms with Gasteiger partial charge in [-0.2, -0.15) is 0 Å². The molecule has 3 amide bonds. The van der Waals surface area contributed by atoms with Gasteiger partial charge in [0.15, 0.2) is 0 Å². The molecule has 2 N–H and O–H groups in total. The van der Waals surface area contributed by atoms with Crippen LogP contribution in [0.15, 0.2) is 30.5 Å². The number of fused-ring (bicyclic) bond motifs is 2. The lowest BCUT2D eigenvalue weighted by Crippen LogP contribution is -2.27. The van der Waals surface area contributed by atoms with E-state index in [0.717, 1.165) is 52.7 Å². The monoisotopic (exact) mass is 470 g/mol. The molecule has 1 aromatic heterocycles. The van der Waals surface area contributed by atoms with Gasteiger partial charge in [-0.1, -0.05) is 17.8 Å². The number of piperidine rings is 1. The highest BCUT2D eigenvalue weighted by atomic mass is 35.5. The number of hydrogen-bond acceptors (Lipinski definition) is 5. The Morgan fingerprint density at radius 3 is 2.62 bits per heavy atom. The van der Waals surface area contributed by atoms with Crippen LogP contribution in [-0.2, 0) is 22.7 Å². The molecular weight excluding hydrogens is 448 g/mol. The van der Waals surface area contributed by atoms with Crippen LogP contribution in [0, 0.1) is 11.8 Å². The Morgan fingerprint density at radius 1 is 1.06 bits per heavy atom. The molecule has 1 aromatic carbocycles. The number of carbonyl (C=O) groups is 3. The van der Waals surface area contributed by atoms with E-state index in [1.807, 2.05) is 30.5 Å². The maximum absolute atomic E-state index is 12.6. The summed E-state index contributed by atoms with van der Waals surface area (Å²) in [6.45, 7) is 3.57. The number of imide groups is 1. The van der Waals surface area contributed by atoms with Gasteiger partial charge < -0.3 is 10.3 Å². The highest BCUT2D eigenvalue weighted by Gasteiger charge is 2.44. The van der Waals surface area contributed by atoms with E-state index in [4.69, 9.17) is 0 Å². The van der Waals surface area contributed by atoms with Crippen LogP contribution >= 0.6 is 24.2 Å². The SMILES string of the molecule is Cl.O=C1Nc2ccc(CN3C(=O)CSC3=O)cc2C1=Cc1cc(CN2C[C@H]3C[C@H]3C2)c[nH]1. The number of H-pyrrole nitrogens is 1. The van der Waals surface area contributed by atoms with Crippen LogP contribution in [0.1, 0.15) is 28.8 Å². The first-order valence-electron chi connectivity index (χ1n) is 10.6. The zero-order valence-electron chi connectivity index (χ0n) is 17.3. The molecule has 2 saturated heterocycles. The van der Waals surface area contributed by atoms with Crippen molar-refractivity contribution < 1.29 is 14.4 Å². The third kappa shape index (κ3) is 3.87. The number of hydrogen-bond donors (Lipinski definition) is 2. The first-order valence-corrected chi connectivity index (χ1v) is 11.5. The highest BCUT2D eigenvalue weighted by Crippen LogP contribution is 2.45. The fraction of sp³-hybridized carbons (Fsp3) is 0.348. The van der Waals surface area contributed by atoms with E-state index in [1.54, 1.807) is 0 Å². The molecular formula is C23H23ClN4O3S. The van der Waals surface area contributed by atoms with Crippen LogP contribution < -0.4 is 5.32 Å². The average molecular weight is 471 g/mol. The Morgan fingerprint density at radius 2 is 1.88 bits per heavy atom. The second-order valence-electron chi connectivity index (χ2n) is 8.84. The zero-order chi connectivity index (χ0) is 21.1. The number of nitrogens with zero attached hydrogens (tertiary/aromatic N) is 2. The molecule has 2 atom stereocenters. The number of aromatic nitrogens is 1. The minimum Gasteiger partial charge on any atom is -0.361 e. The van der Waals surface area contributed by atoms with Crippen LogP contribution in [0.25, 0.3) is 11.6 Å². The summed E-state index contributed by atoms with van der Waals surface area (Å²) >= 11 is 1.03. The topological polar surface area (TPSA) is 85.5 Å². The number of benzene rings is 1. The summed E-state index contributed by atoms with van der Waals surface area (Å²) in [7, 11) is 0. The molecule has 0 bridgehead atoms. The number of amides is 3. The van der Waals surface area contributed by atoms with Crippen molar-refractivity contribution in [1.29, 1.82) is 0 Å². The van der Waals surface area contributed by atoms with E-state index < -0.39 is 0 Å². The summed E-state index contributed by atoms with van der Waals surface area (Å²) in [6, 6.07) is 7.67. The smallest absolute Gasteiger partial charge is 0.289 e. The van der Waals surface area contributed by atoms with Gasteiger partial charge in [-0.3, -0.25) is 24.2 Å². The fourth-order valence-corrected chi connectivity index (χ4v) is 5.59. The van der Waals surface area contributed by atoms with Crippen LogP contribution in [0.3, 0.4) is 0 Å². The van der Waals surface area contributed by atoms with Crippen molar-refractivity contribution in [3.8, 4) is 0 Å². The van der Waals surface area contributed by atoms with Crippen molar-refractivity contribution in [3.05, 3.63) is 52.8 Å². The predicted molar refractivity (Wildman–Crippen MR) is 126 cm³/mol. The van der Waals surface area contributed by atoms with E-state index in [0.29, 0.717) is 5.57 Å². The number of thioether (sulfide) groups is 1. The van der Waals surface area contributed by atoms with Crippen molar-refractivity contribution >= 4 is 58.6 Å². The highest BCUT2D eigenvalue weighted by molar-refractivity contribution is 8.14. The van der Waals surface area contributed by atoms with Crippen LogP contribution in [0.4, 0.5) is 10.5 Å². The van der Waals surface area contributed by atoms with E-state index >= 15 is 0 Å². The maximum atomic E-state index is 12.6. The molecule has 4 aliphatic rings. The first-order chi connectivity index (χ1) is 15.0. The van der Waals surface area contributed by atoms with Gasteiger partial charge in [0.05, 0.1) is 17.9 Å². The van der Waals surface area contributed by atoms with E-state index in [1.165, 1.54) is 30.0 Å². The van der Waals surface area contributed by atoms with Crippen molar-refractivity contribution in [1.82, 2.24) is 14.8 Å². The van der Waals surface area contributed by atoms with Crippen LogP contribution in [-0.4, -0.2) is 50.7 Å². The summed E-state index contributed by atoms with van der Waals surface area (Å²) in [6.07, 6.45) is 5.29. The molecule has 1 saturated carbocycles. The summed E-state index contributed by atoms with van der Waals surface area (Å²) in [5.74, 6) is 1.71. The van der Waals surface area contributed by atoms with Crippen LogP contribution in [0.2, 0.25) is 0 Å². The molecule has 32 heavy (non-hydrogen) atoms. The number of aromatic amines is 1. The molecule has 1 aliphatic carbocycles. The quantitative estimate of drug-likeness (QED) is 0.652. The molecule has 0 unspecified atom stereocenters. The number of anilines is 1. The second kappa shape index (κ2) is 8.10. The third-order valence-electron chi connectivity index (χ3n) is 6.57. The van der Waals surface area contributed by atoms with Gasteiger partial charge in [0, 0.05) is 42.8 Å². The summed E-state index contributed by atoms with van der Waals surface area (Å²) in [5.41, 5.74) is 5.07. The fourth-order valence-electron chi connectivity index (χ4n) is 4.87. The third-order valence-corrected chi connectivity index (χ3v) is 7.43. The molecule has 9 heteroatoms. The second-order valence-corrected chi connectivity index (χ2v) is 9.77. The predicted octanol–water partition coefficient (Wildman–Crippen LogP) is 3.58. The largest absolute Gasteiger partial charge is 0.361 e. The van der Waals surface area contributed by atoms with E-state index in [-0.39, 0.29) is 41.8 Å². The molecule has 7 nitrogen and oxygen atoms in total. The number of nitrogens with one attached hydrogen (secondary N) is 2. The lowest BCUT2D eigenvalue weighted by molar-refractivity contribution is -0.125. The molecule has 166 valence electrons. The average Bonchev–Trinajstić information content (AvgIpc) is 3.10. The van der Waals surface area contributed by atoms with Gasteiger partial charge in [0.25, 0.3) is 11.1 Å². The van der Waals surface area contributed by atoms with Gasteiger partial charge in [-0.05, 0) is 53.7 Å². The number of carbonyl (C=O) groups excluding carboxylic acids is 3. The maximum Gasteiger partial charge on any atom is 0.289 e. The Labute approximate surface area is 196 Å². The van der Waals surface area contributed by atoms with E-state index in [9.17, 15) is 14.4 Å². The minimum atomic E-state index is -0.218. The minimum absolute atomic E-state index is 0. The van der Waals surface area contributed by atoms with Gasteiger partial charge in [-0.25, -0.2) is 0 Å². The standard InChI is InChI=1S/C23H22N4O3S.ClH/c28-21-12-31-23(30)27(21)9-13-1-2-20-18(4-13)19(22(29)25-20)6-17-3-14(7-24-17)8-26-10-15-5-16(15)11-26;/h1-4,6-7,15-16,24H,5,8-12H2,(H,25,29);1H/t15-,16+;. The van der Waals surface area contributed by atoms with Crippen molar-refractivity contribution in [3.63, 3.8) is 0 Å². The lowest BCUT2D eigenvalue weighted by atomic mass is 10.0. The Bertz CT molecular complexity index is 1130. The molecule has 0 radical (unpaired) electrons. The van der Waals surface area contributed by atoms with Crippen molar-refractivity contribution in [2.45, 2.75) is 19.5 Å². The summed E-state index contributed by atoms with van der Waals surface area (Å²) < 4.78 is 0. The molecule has 0 spiro atoms. The number of halogens is 1. The zero-order valence-corrected chi connectivity index (χ0v) is 18.9. The molecule has 3 fully saturated rings. The van der Waals surface area contributed by atoms with Crippen LogP contribution in [0.5, 0.6) is 0 Å². The molecule has 4 heterocycles. The van der Waals surface area contributed by atoms with Gasteiger partial charge in [-0.15, -0.1) is 12.4 Å². The number of rotatable bonds is 5. The Kier molecular flexibility index (Phi) is 5.39.